The van der Waals surface area contributed by atoms with Gasteiger partial charge in [0.25, 0.3) is 0 Å². The van der Waals surface area contributed by atoms with Crippen LogP contribution in [0.4, 0.5) is 27.0 Å². The summed E-state index contributed by atoms with van der Waals surface area (Å²) < 4.78 is 14.4. The van der Waals surface area contributed by atoms with Crippen LogP contribution in [0.3, 0.4) is 0 Å². The van der Waals surface area contributed by atoms with E-state index >= 15 is 0 Å². The molecule has 0 aliphatic carbocycles. The maximum absolute atomic E-state index is 14.4. The molecular weight excluding hydrogens is 451 g/mol. The van der Waals surface area contributed by atoms with Crippen molar-refractivity contribution in [2.24, 2.45) is 11.7 Å². The fraction of sp³-hybridized carbons (Fsp3) is 0.417. The monoisotopic (exact) mass is 484 g/mol. The zero-order valence-corrected chi connectivity index (χ0v) is 20.8. The van der Waals surface area contributed by atoms with Crippen molar-refractivity contribution in [3.05, 3.63) is 48.7 Å². The third-order valence-corrected chi connectivity index (χ3v) is 6.90. The largest absolute Gasteiger partial charge is 0.370 e. The summed E-state index contributed by atoms with van der Waals surface area (Å²) in [6.07, 6.45) is 9.78. The molecule has 1 saturated heterocycles. The minimum Gasteiger partial charge on any atom is -0.370 e. The van der Waals surface area contributed by atoms with E-state index in [1.54, 1.807) is 7.05 Å². The molecule has 3 aromatic rings. The number of aryl methyl sites for hydroxylation is 1. The van der Waals surface area contributed by atoms with E-state index in [0.717, 1.165) is 36.8 Å². The molecule has 0 amide bonds. The number of aromatic nitrogens is 4. The minimum absolute atomic E-state index is 0.231. The summed E-state index contributed by atoms with van der Waals surface area (Å²) in [6, 6.07) is 3.96. The summed E-state index contributed by atoms with van der Waals surface area (Å²) in [5.74, 6) is 1.21. The Balaban J connectivity index is 0.00000158. The molecule has 4 heterocycles. The van der Waals surface area contributed by atoms with Crippen LogP contribution in [0.15, 0.2) is 37.2 Å². The van der Waals surface area contributed by atoms with Crippen LogP contribution >= 0.6 is 11.3 Å². The van der Waals surface area contributed by atoms with Gasteiger partial charge in [-0.1, -0.05) is 17.4 Å². The van der Waals surface area contributed by atoms with E-state index in [1.165, 1.54) is 43.8 Å². The van der Waals surface area contributed by atoms with Gasteiger partial charge in [0, 0.05) is 20.1 Å². The van der Waals surface area contributed by atoms with E-state index in [0.29, 0.717) is 21.8 Å². The second-order valence-corrected chi connectivity index (χ2v) is 8.90. The van der Waals surface area contributed by atoms with E-state index in [4.69, 9.17) is 0 Å². The van der Waals surface area contributed by atoms with Gasteiger partial charge in [-0.3, -0.25) is 0 Å². The van der Waals surface area contributed by atoms with Crippen molar-refractivity contribution in [1.29, 1.82) is 0 Å². The highest BCUT2D eigenvalue weighted by atomic mass is 32.1. The molecule has 0 radical (unpaired) electrons. The molecule has 34 heavy (non-hydrogen) atoms. The number of nitrogens with one attached hydrogen (secondary N) is 2. The maximum Gasteiger partial charge on any atom is 0.229 e. The summed E-state index contributed by atoms with van der Waals surface area (Å²) in [6.45, 7) is 7.75. The number of allylic oxidation sites excluding steroid dienone is 1. The van der Waals surface area contributed by atoms with Crippen molar-refractivity contribution < 1.29 is 4.39 Å². The van der Waals surface area contributed by atoms with Crippen LogP contribution in [-0.2, 0) is 0 Å². The summed E-state index contributed by atoms with van der Waals surface area (Å²) in [5.41, 5.74) is 6.56. The molecule has 0 saturated carbocycles. The first-order chi connectivity index (χ1) is 16.6. The highest BCUT2D eigenvalue weighted by Gasteiger charge is 2.19. The first kappa shape index (κ1) is 25.5. The third kappa shape index (κ3) is 6.27. The highest BCUT2D eigenvalue weighted by molar-refractivity contribution is 7.19. The van der Waals surface area contributed by atoms with Crippen molar-refractivity contribution >= 4 is 33.9 Å². The van der Waals surface area contributed by atoms with Gasteiger partial charge in [-0.25, -0.2) is 24.3 Å². The molecule has 10 heteroatoms. The Labute approximate surface area is 204 Å². The minimum atomic E-state index is -0.482. The Bertz CT molecular complexity index is 1060. The number of thiazole rings is 1. The number of halogens is 1. The molecular formula is C24H33FN8S. The Morgan fingerprint density at radius 2 is 1.97 bits per heavy atom. The third-order valence-electron chi connectivity index (χ3n) is 5.72. The first-order valence-corrected chi connectivity index (χ1v) is 12.2. The normalized spacial score (nSPS) is 13.7. The predicted octanol–water partition coefficient (Wildman–Crippen LogP) is 4.99. The van der Waals surface area contributed by atoms with Gasteiger partial charge in [0.2, 0.25) is 5.95 Å². The van der Waals surface area contributed by atoms with Gasteiger partial charge in [-0.15, -0.1) is 6.58 Å². The maximum atomic E-state index is 14.4. The fourth-order valence-electron chi connectivity index (χ4n) is 3.90. The van der Waals surface area contributed by atoms with Crippen LogP contribution in [0.25, 0.3) is 10.6 Å². The summed E-state index contributed by atoms with van der Waals surface area (Å²) in [5, 5.41) is 6.78. The number of nitrogens with zero attached hydrogens (tertiary/aromatic N) is 5. The number of pyridine rings is 1. The van der Waals surface area contributed by atoms with Crippen LogP contribution in [0, 0.1) is 18.7 Å². The molecule has 0 unspecified atom stereocenters. The van der Waals surface area contributed by atoms with Crippen LogP contribution < -0.4 is 21.3 Å². The average molecular weight is 485 g/mol. The zero-order chi connectivity index (χ0) is 24.5. The quantitative estimate of drug-likeness (QED) is 0.384. The molecule has 0 atom stereocenters. The SMILES string of the molecule is C=CCCC1CCN(c2ccc(Nc3ncc(F)c(-c4sc(NC)nc4C)n3)nc2)CC1.CN. The lowest BCUT2D eigenvalue weighted by Gasteiger charge is -2.33. The molecule has 0 bridgehead atoms. The van der Waals surface area contributed by atoms with Crippen LogP contribution in [0.2, 0.25) is 0 Å². The second kappa shape index (κ2) is 12.4. The van der Waals surface area contributed by atoms with Gasteiger partial charge in [0.05, 0.1) is 28.7 Å². The van der Waals surface area contributed by atoms with Crippen molar-refractivity contribution in [2.45, 2.75) is 32.6 Å². The van der Waals surface area contributed by atoms with Crippen LogP contribution in [0.1, 0.15) is 31.4 Å². The number of nitrogens with two attached hydrogens (primary N) is 1. The Morgan fingerprint density at radius 3 is 2.59 bits per heavy atom. The summed E-state index contributed by atoms with van der Waals surface area (Å²) in [7, 11) is 3.28. The van der Waals surface area contributed by atoms with Gasteiger partial charge >= 0.3 is 0 Å². The van der Waals surface area contributed by atoms with E-state index < -0.39 is 5.82 Å². The molecule has 8 nitrogen and oxygen atoms in total. The van der Waals surface area contributed by atoms with E-state index in [9.17, 15) is 4.39 Å². The molecule has 182 valence electrons. The van der Waals surface area contributed by atoms with E-state index in [2.05, 4.69) is 53.8 Å². The molecule has 1 aliphatic rings. The van der Waals surface area contributed by atoms with Crippen molar-refractivity contribution in [3.8, 4) is 10.6 Å². The Morgan fingerprint density at radius 1 is 1.21 bits per heavy atom. The smallest absolute Gasteiger partial charge is 0.229 e. The molecule has 0 spiro atoms. The topological polar surface area (TPSA) is 105 Å². The van der Waals surface area contributed by atoms with Crippen molar-refractivity contribution in [1.82, 2.24) is 19.9 Å². The van der Waals surface area contributed by atoms with Gasteiger partial charge in [0.15, 0.2) is 10.9 Å². The standard InChI is InChI=1S/C23H28FN7S.CH5N/c1-4-5-6-16-9-11-31(12-10-16)17-7-8-19(26-13-17)29-22-27-14-18(24)20(30-22)21-15(2)28-23(25-3)32-21;1-2/h4,7-8,13-14,16H,1,5-6,9-12H2,2-3H3,(H,25,28)(H,26,27,29,30);2H2,1H3. The highest BCUT2D eigenvalue weighted by Crippen LogP contribution is 2.33. The lowest BCUT2D eigenvalue weighted by atomic mass is 9.92. The number of piperidine rings is 1. The average Bonchev–Trinajstić information content (AvgIpc) is 3.26. The Hall–Kier alpha value is -3.11. The van der Waals surface area contributed by atoms with Gasteiger partial charge in [0.1, 0.15) is 11.5 Å². The molecule has 4 N–H and O–H groups in total. The number of rotatable bonds is 8. The molecule has 4 rings (SSSR count). The van der Waals surface area contributed by atoms with Crippen LogP contribution in [0.5, 0.6) is 0 Å². The first-order valence-electron chi connectivity index (χ1n) is 11.4. The van der Waals surface area contributed by atoms with Gasteiger partial charge in [-0.05, 0) is 57.7 Å². The van der Waals surface area contributed by atoms with Gasteiger partial charge < -0.3 is 21.3 Å². The van der Waals surface area contributed by atoms with E-state index in [-0.39, 0.29) is 5.69 Å². The van der Waals surface area contributed by atoms with Crippen molar-refractivity contribution in [2.75, 3.05) is 42.7 Å². The fourth-order valence-corrected chi connectivity index (χ4v) is 4.82. The summed E-state index contributed by atoms with van der Waals surface area (Å²) >= 11 is 1.36. The lowest BCUT2D eigenvalue weighted by molar-refractivity contribution is 0.384. The van der Waals surface area contributed by atoms with Crippen LogP contribution in [-0.4, -0.2) is 47.1 Å². The Kier molecular flexibility index (Phi) is 9.29. The molecule has 0 aromatic carbocycles. The molecule has 3 aromatic heterocycles. The number of anilines is 4. The number of hydrogen-bond acceptors (Lipinski definition) is 9. The van der Waals surface area contributed by atoms with Gasteiger partial charge in [-0.2, -0.15) is 0 Å². The lowest BCUT2D eigenvalue weighted by Crippen LogP contribution is -2.33. The molecule has 1 aliphatic heterocycles. The molecule has 1 fully saturated rings. The van der Waals surface area contributed by atoms with Crippen molar-refractivity contribution in [3.63, 3.8) is 0 Å². The second-order valence-electron chi connectivity index (χ2n) is 7.90. The number of hydrogen-bond donors (Lipinski definition) is 3. The van der Waals surface area contributed by atoms with E-state index in [1.807, 2.05) is 25.3 Å². The summed E-state index contributed by atoms with van der Waals surface area (Å²) in [4.78, 5) is 20.4. The zero-order valence-electron chi connectivity index (χ0n) is 20.0. The predicted molar refractivity (Wildman–Crippen MR) is 139 cm³/mol.